The predicted octanol–water partition coefficient (Wildman–Crippen LogP) is 3.65. The molecule has 0 fully saturated rings. The van der Waals surface area contributed by atoms with Gasteiger partial charge in [-0.3, -0.25) is 0 Å². The molecule has 0 amide bonds. The molecule has 0 N–H and O–H groups in total. The van der Waals surface area contributed by atoms with Crippen LogP contribution in [0.25, 0.3) is 10.9 Å². The zero-order valence-corrected chi connectivity index (χ0v) is 7.82. The number of benzene rings is 1. The summed E-state index contributed by atoms with van der Waals surface area (Å²) in [6, 6.07) is 6.70. The Balaban J connectivity index is 2.78. The molecule has 0 saturated carbocycles. The molecule has 82 valence electrons. The number of alkyl halides is 3. The second-order valence-corrected chi connectivity index (χ2v) is 3.13. The maximum Gasteiger partial charge on any atom is 0.433 e. The Bertz CT molecular complexity index is 551. The third kappa shape index (κ3) is 1.73. The molecule has 1 heterocycles. The van der Waals surface area contributed by atoms with Crippen LogP contribution in [-0.2, 0) is 6.18 Å². The molecule has 0 bridgehead atoms. The minimum Gasteiger partial charge on any atom is -0.243 e. The van der Waals surface area contributed by atoms with Gasteiger partial charge in [0.1, 0.15) is 11.4 Å². The van der Waals surface area contributed by atoms with E-state index in [4.69, 9.17) is 0 Å². The van der Waals surface area contributed by atoms with Crippen LogP contribution in [0.5, 0.6) is 0 Å². The van der Waals surface area contributed by atoms with E-state index in [0.29, 0.717) is 11.5 Å². The number of aromatic nitrogens is 1. The first-order valence-electron chi connectivity index (χ1n) is 4.33. The van der Waals surface area contributed by atoms with Gasteiger partial charge < -0.3 is 0 Å². The third-order valence-electron chi connectivity index (χ3n) is 2.08. The molecule has 1 aromatic heterocycles. The standard InChI is InChI=1S/C10H5F3N2O/c11-10(12,13)9-5-8(15-16)6-3-1-2-4-7(6)14-9/h1-5H. The fraction of sp³-hybridized carbons (Fsp3) is 0.100. The molecule has 2 aromatic rings. The second-order valence-electron chi connectivity index (χ2n) is 3.13. The number of para-hydroxylation sites is 1. The average molecular weight is 226 g/mol. The SMILES string of the molecule is O=Nc1cc(C(F)(F)F)nc2ccccc12. The van der Waals surface area contributed by atoms with Crippen molar-refractivity contribution in [1.82, 2.24) is 4.98 Å². The van der Waals surface area contributed by atoms with E-state index in [9.17, 15) is 18.1 Å². The van der Waals surface area contributed by atoms with Crippen molar-refractivity contribution in [3.63, 3.8) is 0 Å². The van der Waals surface area contributed by atoms with Crippen molar-refractivity contribution in [3.8, 4) is 0 Å². The largest absolute Gasteiger partial charge is 0.433 e. The summed E-state index contributed by atoms with van der Waals surface area (Å²) < 4.78 is 37.3. The van der Waals surface area contributed by atoms with Gasteiger partial charge in [-0.15, -0.1) is 4.91 Å². The molecule has 2 rings (SSSR count). The van der Waals surface area contributed by atoms with Crippen LogP contribution in [0, 0.1) is 4.91 Å². The number of nitrogens with zero attached hydrogens (tertiary/aromatic N) is 2. The Labute approximate surface area is 87.9 Å². The normalized spacial score (nSPS) is 11.7. The first-order chi connectivity index (χ1) is 7.52. The molecule has 16 heavy (non-hydrogen) atoms. The number of pyridine rings is 1. The van der Waals surface area contributed by atoms with Gasteiger partial charge in [0.25, 0.3) is 0 Å². The number of nitroso groups, excluding NO2 is 1. The van der Waals surface area contributed by atoms with Crippen molar-refractivity contribution in [3.05, 3.63) is 40.9 Å². The number of hydrogen-bond acceptors (Lipinski definition) is 3. The number of hydrogen-bond donors (Lipinski definition) is 0. The van der Waals surface area contributed by atoms with E-state index >= 15 is 0 Å². The van der Waals surface area contributed by atoms with Crippen LogP contribution in [0.3, 0.4) is 0 Å². The zero-order valence-electron chi connectivity index (χ0n) is 7.82. The summed E-state index contributed by atoms with van der Waals surface area (Å²) in [4.78, 5) is 13.9. The van der Waals surface area contributed by atoms with E-state index in [1.807, 2.05) is 0 Å². The second kappa shape index (κ2) is 3.55. The highest BCUT2D eigenvalue weighted by Crippen LogP contribution is 2.33. The van der Waals surface area contributed by atoms with Gasteiger partial charge in [0, 0.05) is 5.39 Å². The lowest BCUT2D eigenvalue weighted by molar-refractivity contribution is -0.140. The predicted molar refractivity (Wildman–Crippen MR) is 52.2 cm³/mol. The molecular formula is C10H5F3N2O. The van der Waals surface area contributed by atoms with Gasteiger partial charge in [0.15, 0.2) is 0 Å². The van der Waals surface area contributed by atoms with E-state index in [-0.39, 0.29) is 11.2 Å². The van der Waals surface area contributed by atoms with Gasteiger partial charge in [-0.1, -0.05) is 18.2 Å². The Morgan fingerprint density at radius 3 is 2.50 bits per heavy atom. The van der Waals surface area contributed by atoms with Crippen LogP contribution < -0.4 is 0 Å². The fourth-order valence-electron chi connectivity index (χ4n) is 1.38. The van der Waals surface area contributed by atoms with Gasteiger partial charge in [-0.05, 0) is 17.3 Å². The minimum absolute atomic E-state index is 0.104. The molecule has 0 atom stereocenters. The molecule has 0 aliphatic heterocycles. The molecule has 1 aromatic carbocycles. The molecular weight excluding hydrogens is 221 g/mol. The van der Waals surface area contributed by atoms with Crippen LogP contribution in [-0.4, -0.2) is 4.98 Å². The van der Waals surface area contributed by atoms with Crippen LogP contribution in [0.2, 0.25) is 0 Å². The smallest absolute Gasteiger partial charge is 0.243 e. The average Bonchev–Trinajstić information content (AvgIpc) is 2.26. The summed E-state index contributed by atoms with van der Waals surface area (Å²) in [6.45, 7) is 0. The monoisotopic (exact) mass is 226 g/mol. The van der Waals surface area contributed by atoms with Gasteiger partial charge in [0.2, 0.25) is 0 Å². The lowest BCUT2D eigenvalue weighted by Crippen LogP contribution is -2.07. The maximum atomic E-state index is 12.4. The summed E-state index contributed by atoms with van der Waals surface area (Å²) in [7, 11) is 0. The Hall–Kier alpha value is -1.98. The van der Waals surface area contributed by atoms with Gasteiger partial charge >= 0.3 is 6.18 Å². The molecule has 0 radical (unpaired) electrons. The Kier molecular flexibility index (Phi) is 2.34. The summed E-state index contributed by atoms with van der Waals surface area (Å²) >= 11 is 0. The first kappa shape index (κ1) is 10.5. The highest BCUT2D eigenvalue weighted by Gasteiger charge is 2.33. The quantitative estimate of drug-likeness (QED) is 0.696. The first-order valence-corrected chi connectivity index (χ1v) is 4.33. The van der Waals surface area contributed by atoms with Crippen LogP contribution in [0.15, 0.2) is 35.5 Å². The highest BCUT2D eigenvalue weighted by atomic mass is 19.4. The van der Waals surface area contributed by atoms with Gasteiger partial charge in [-0.2, -0.15) is 13.2 Å². The highest BCUT2D eigenvalue weighted by molar-refractivity contribution is 5.89. The van der Waals surface area contributed by atoms with Crippen molar-refractivity contribution in [2.45, 2.75) is 6.18 Å². The maximum absolute atomic E-state index is 12.4. The Morgan fingerprint density at radius 1 is 1.19 bits per heavy atom. The van der Waals surface area contributed by atoms with Crippen LogP contribution in [0.4, 0.5) is 18.9 Å². The van der Waals surface area contributed by atoms with E-state index in [1.54, 1.807) is 12.1 Å². The van der Waals surface area contributed by atoms with Crippen LogP contribution in [0.1, 0.15) is 5.69 Å². The lowest BCUT2D eigenvalue weighted by atomic mass is 10.1. The van der Waals surface area contributed by atoms with E-state index < -0.39 is 11.9 Å². The molecule has 0 spiro atoms. The molecule has 0 unspecified atom stereocenters. The minimum atomic E-state index is -4.58. The fourth-order valence-corrected chi connectivity index (χ4v) is 1.38. The van der Waals surface area contributed by atoms with Crippen LogP contribution >= 0.6 is 0 Å². The zero-order chi connectivity index (χ0) is 11.8. The van der Waals surface area contributed by atoms with E-state index in [0.717, 1.165) is 0 Å². The molecule has 0 aliphatic rings. The number of fused-ring (bicyclic) bond motifs is 1. The van der Waals surface area contributed by atoms with Crippen molar-refractivity contribution in [1.29, 1.82) is 0 Å². The van der Waals surface area contributed by atoms with E-state index in [2.05, 4.69) is 10.2 Å². The number of halogens is 3. The van der Waals surface area contributed by atoms with Crippen molar-refractivity contribution < 1.29 is 13.2 Å². The molecule has 6 heteroatoms. The lowest BCUT2D eigenvalue weighted by Gasteiger charge is -2.07. The summed E-state index contributed by atoms with van der Waals surface area (Å²) in [5, 5.41) is 2.89. The van der Waals surface area contributed by atoms with Crippen molar-refractivity contribution in [2.24, 2.45) is 5.18 Å². The topological polar surface area (TPSA) is 42.3 Å². The number of rotatable bonds is 1. The summed E-state index contributed by atoms with van der Waals surface area (Å²) in [6.07, 6.45) is -4.58. The third-order valence-corrected chi connectivity index (χ3v) is 2.08. The van der Waals surface area contributed by atoms with Crippen molar-refractivity contribution in [2.75, 3.05) is 0 Å². The summed E-state index contributed by atoms with van der Waals surface area (Å²) in [5.41, 5.74) is -1.26. The molecule has 3 nitrogen and oxygen atoms in total. The van der Waals surface area contributed by atoms with Crippen molar-refractivity contribution >= 4 is 16.6 Å². The van der Waals surface area contributed by atoms with E-state index in [1.165, 1.54) is 12.1 Å². The van der Waals surface area contributed by atoms with Gasteiger partial charge in [-0.25, -0.2) is 4.98 Å². The van der Waals surface area contributed by atoms with Gasteiger partial charge in [0.05, 0.1) is 5.52 Å². The molecule has 0 aliphatic carbocycles. The Morgan fingerprint density at radius 2 is 1.88 bits per heavy atom. The summed E-state index contributed by atoms with van der Waals surface area (Å²) in [5.74, 6) is 0. The molecule has 0 saturated heterocycles.